The number of hydrogen-bond donors (Lipinski definition) is 2. The van der Waals surface area contributed by atoms with Crippen molar-refractivity contribution >= 4 is 27.5 Å². The molecular formula is C19H30N4O4S. The van der Waals surface area contributed by atoms with Crippen LogP contribution in [0.25, 0.3) is 0 Å². The average molecular weight is 411 g/mol. The molecule has 9 heteroatoms. The lowest BCUT2D eigenvalue weighted by Gasteiger charge is -2.37. The highest BCUT2D eigenvalue weighted by Crippen LogP contribution is 2.11. The Morgan fingerprint density at radius 3 is 2.21 bits per heavy atom. The molecule has 2 rings (SSSR count). The fourth-order valence-electron chi connectivity index (χ4n) is 3.03. The molecular weight excluding hydrogens is 380 g/mol. The fraction of sp³-hybridized carbons (Fsp3) is 0.579. The summed E-state index contributed by atoms with van der Waals surface area (Å²) in [6.07, 6.45) is 1.23. The first-order valence-electron chi connectivity index (χ1n) is 9.47. The van der Waals surface area contributed by atoms with Gasteiger partial charge in [-0.2, -0.15) is 0 Å². The van der Waals surface area contributed by atoms with Gasteiger partial charge in [0.2, 0.25) is 5.91 Å². The third kappa shape index (κ3) is 7.12. The lowest BCUT2D eigenvalue weighted by molar-refractivity contribution is -0.136. The molecule has 156 valence electrons. The van der Waals surface area contributed by atoms with Crippen LogP contribution in [0.5, 0.6) is 0 Å². The molecule has 0 saturated carbocycles. The van der Waals surface area contributed by atoms with Crippen LogP contribution in [0.4, 0.5) is 10.5 Å². The van der Waals surface area contributed by atoms with E-state index < -0.39 is 21.9 Å². The Morgan fingerprint density at radius 1 is 1.07 bits per heavy atom. The summed E-state index contributed by atoms with van der Waals surface area (Å²) in [6, 6.07) is 8.03. The minimum absolute atomic E-state index is 0.0581. The number of carbonyl (C=O) groups is 2. The quantitative estimate of drug-likeness (QED) is 0.699. The van der Waals surface area contributed by atoms with E-state index in [1.54, 1.807) is 17.0 Å². The van der Waals surface area contributed by atoms with Gasteiger partial charge in [0.05, 0.1) is 5.75 Å². The molecule has 1 saturated heterocycles. The molecule has 0 bridgehead atoms. The van der Waals surface area contributed by atoms with Crippen LogP contribution in [0.3, 0.4) is 0 Å². The van der Waals surface area contributed by atoms with Crippen molar-refractivity contribution in [1.29, 1.82) is 0 Å². The van der Waals surface area contributed by atoms with E-state index in [0.717, 1.165) is 0 Å². The van der Waals surface area contributed by atoms with Crippen LogP contribution in [0.2, 0.25) is 0 Å². The average Bonchev–Trinajstić information content (AvgIpc) is 2.64. The lowest BCUT2D eigenvalue weighted by atomic mass is 10.0. The van der Waals surface area contributed by atoms with E-state index in [-0.39, 0.29) is 17.6 Å². The highest BCUT2D eigenvalue weighted by molar-refractivity contribution is 7.90. The number of urea groups is 1. The zero-order valence-electron chi connectivity index (χ0n) is 16.7. The summed E-state index contributed by atoms with van der Waals surface area (Å²) in [7, 11) is -2.99. The molecule has 1 atom stereocenters. The molecule has 0 aliphatic carbocycles. The maximum atomic E-state index is 12.9. The monoisotopic (exact) mass is 410 g/mol. The van der Waals surface area contributed by atoms with Crippen LogP contribution in [-0.2, 0) is 14.6 Å². The van der Waals surface area contributed by atoms with Crippen molar-refractivity contribution in [2.45, 2.75) is 19.9 Å². The van der Waals surface area contributed by atoms with E-state index >= 15 is 0 Å². The zero-order valence-corrected chi connectivity index (χ0v) is 17.5. The van der Waals surface area contributed by atoms with Crippen LogP contribution >= 0.6 is 0 Å². The largest absolute Gasteiger partial charge is 0.338 e. The smallest absolute Gasteiger partial charge is 0.319 e. The van der Waals surface area contributed by atoms with Crippen LogP contribution in [0, 0.1) is 5.92 Å². The van der Waals surface area contributed by atoms with Crippen LogP contribution in [0.15, 0.2) is 30.3 Å². The summed E-state index contributed by atoms with van der Waals surface area (Å²) in [5, 5.41) is 5.52. The lowest BCUT2D eigenvalue weighted by Crippen LogP contribution is -2.57. The van der Waals surface area contributed by atoms with E-state index in [1.807, 2.05) is 36.9 Å². The Bertz CT molecular complexity index is 759. The first kappa shape index (κ1) is 22.2. The molecule has 0 radical (unpaired) electrons. The molecule has 1 aliphatic rings. The molecule has 3 amide bonds. The molecule has 0 spiro atoms. The second kappa shape index (κ2) is 9.88. The van der Waals surface area contributed by atoms with Gasteiger partial charge >= 0.3 is 6.03 Å². The maximum Gasteiger partial charge on any atom is 0.319 e. The summed E-state index contributed by atoms with van der Waals surface area (Å²) >= 11 is 0. The van der Waals surface area contributed by atoms with Gasteiger partial charge in [-0.25, -0.2) is 13.2 Å². The highest BCUT2D eigenvalue weighted by atomic mass is 32.2. The number of sulfone groups is 1. The third-order valence-electron chi connectivity index (χ3n) is 4.71. The zero-order chi connectivity index (χ0) is 20.7. The van der Waals surface area contributed by atoms with E-state index in [0.29, 0.717) is 38.4 Å². The Kier molecular flexibility index (Phi) is 7.82. The predicted octanol–water partition coefficient (Wildman–Crippen LogP) is 1.02. The van der Waals surface area contributed by atoms with Crippen molar-refractivity contribution in [3.63, 3.8) is 0 Å². The first-order valence-corrected chi connectivity index (χ1v) is 11.5. The van der Waals surface area contributed by atoms with Gasteiger partial charge in [0.1, 0.15) is 15.9 Å². The fourth-order valence-corrected chi connectivity index (χ4v) is 3.62. The number of carbonyl (C=O) groups excluding carboxylic acids is 2. The van der Waals surface area contributed by atoms with Crippen LogP contribution < -0.4 is 10.6 Å². The van der Waals surface area contributed by atoms with Crippen molar-refractivity contribution in [2.24, 2.45) is 5.92 Å². The Labute approximate surface area is 167 Å². The van der Waals surface area contributed by atoms with Gasteiger partial charge < -0.3 is 15.5 Å². The van der Waals surface area contributed by atoms with E-state index in [4.69, 9.17) is 0 Å². The van der Waals surface area contributed by atoms with Crippen LogP contribution in [0.1, 0.15) is 13.8 Å². The Balaban J connectivity index is 1.88. The molecule has 1 aliphatic heterocycles. The third-order valence-corrected chi connectivity index (χ3v) is 5.64. The standard InChI is InChI=1S/C19H30N4O4S/c1-15(2)17(21-19(25)20-16-7-5-4-6-8-16)18(24)23-11-9-22(10-12-23)13-14-28(3,26)27/h4-8,15,17H,9-14H2,1-3H3,(H2,20,21,25). The molecule has 0 aromatic heterocycles. The number of para-hydroxylation sites is 1. The van der Waals surface area contributed by atoms with Gasteiger partial charge in [-0.3, -0.25) is 9.69 Å². The summed E-state index contributed by atoms with van der Waals surface area (Å²) in [4.78, 5) is 29.0. The van der Waals surface area contributed by atoms with Crippen LogP contribution in [-0.4, -0.2) is 80.9 Å². The van der Waals surface area contributed by atoms with Gasteiger partial charge in [-0.15, -0.1) is 0 Å². The number of hydrogen-bond acceptors (Lipinski definition) is 5. The van der Waals surface area contributed by atoms with Crippen molar-refractivity contribution in [2.75, 3.05) is 50.0 Å². The van der Waals surface area contributed by atoms with Gasteiger partial charge in [-0.05, 0) is 18.1 Å². The predicted molar refractivity (Wildman–Crippen MR) is 110 cm³/mol. The number of nitrogens with zero attached hydrogens (tertiary/aromatic N) is 2. The summed E-state index contributed by atoms with van der Waals surface area (Å²) < 4.78 is 22.6. The molecule has 2 N–H and O–H groups in total. The topological polar surface area (TPSA) is 98.8 Å². The van der Waals surface area contributed by atoms with Gasteiger partial charge in [0, 0.05) is 44.7 Å². The van der Waals surface area contributed by atoms with Crippen molar-refractivity contribution < 1.29 is 18.0 Å². The molecule has 28 heavy (non-hydrogen) atoms. The maximum absolute atomic E-state index is 12.9. The summed E-state index contributed by atoms with van der Waals surface area (Å²) in [6.45, 7) is 6.57. The van der Waals surface area contributed by atoms with Crippen molar-refractivity contribution in [1.82, 2.24) is 15.1 Å². The molecule has 1 heterocycles. The first-order chi connectivity index (χ1) is 13.2. The molecule has 1 aromatic carbocycles. The number of amides is 3. The molecule has 1 unspecified atom stereocenters. The van der Waals surface area contributed by atoms with E-state index in [1.165, 1.54) is 6.26 Å². The van der Waals surface area contributed by atoms with Gasteiger partial charge in [0.15, 0.2) is 0 Å². The SMILES string of the molecule is CC(C)C(NC(=O)Nc1ccccc1)C(=O)N1CCN(CCS(C)(=O)=O)CC1. The number of piperazine rings is 1. The highest BCUT2D eigenvalue weighted by Gasteiger charge is 2.30. The number of benzene rings is 1. The van der Waals surface area contributed by atoms with Gasteiger partial charge in [0.25, 0.3) is 0 Å². The Morgan fingerprint density at radius 2 is 1.68 bits per heavy atom. The number of anilines is 1. The second-order valence-corrected chi connectivity index (χ2v) is 9.74. The van der Waals surface area contributed by atoms with Crippen molar-refractivity contribution in [3.8, 4) is 0 Å². The molecule has 1 aromatic rings. The molecule has 8 nitrogen and oxygen atoms in total. The van der Waals surface area contributed by atoms with E-state index in [2.05, 4.69) is 10.6 Å². The minimum atomic E-state index is -2.99. The normalized spacial score (nSPS) is 16.6. The number of rotatable bonds is 7. The molecule has 1 fully saturated rings. The number of nitrogens with one attached hydrogen (secondary N) is 2. The minimum Gasteiger partial charge on any atom is -0.338 e. The summed E-state index contributed by atoms with van der Waals surface area (Å²) in [5.74, 6) is -0.0465. The summed E-state index contributed by atoms with van der Waals surface area (Å²) in [5.41, 5.74) is 0.662. The van der Waals surface area contributed by atoms with E-state index in [9.17, 15) is 18.0 Å². The van der Waals surface area contributed by atoms with Crippen molar-refractivity contribution in [3.05, 3.63) is 30.3 Å². The Hall–Kier alpha value is -2.13. The second-order valence-electron chi connectivity index (χ2n) is 7.48. The van der Waals surface area contributed by atoms with Gasteiger partial charge in [-0.1, -0.05) is 32.0 Å².